The Morgan fingerprint density at radius 2 is 1.78 bits per heavy atom. The van der Waals surface area contributed by atoms with Crippen molar-refractivity contribution >= 4 is 23.6 Å². The Kier molecular flexibility index (Phi) is 6.77. The highest BCUT2D eigenvalue weighted by molar-refractivity contribution is 6.06. The van der Waals surface area contributed by atoms with Crippen molar-refractivity contribution in [1.29, 1.82) is 0 Å². The number of rotatable bonds is 9. The van der Waals surface area contributed by atoms with Crippen molar-refractivity contribution < 1.29 is 9.59 Å². The zero-order valence-corrected chi connectivity index (χ0v) is 19.3. The number of carbonyl (C=O) groups excluding carboxylic acids is 2. The third-order valence-electron chi connectivity index (χ3n) is 6.85. The number of likely N-dealkylation sites (tertiary alicyclic amines) is 1. The van der Waals surface area contributed by atoms with Gasteiger partial charge in [-0.05, 0) is 50.7 Å². The van der Waals surface area contributed by atoms with E-state index in [1.165, 1.54) is 4.90 Å². The number of hydrogen-bond acceptors (Lipinski definition) is 5. The van der Waals surface area contributed by atoms with Gasteiger partial charge in [-0.1, -0.05) is 18.2 Å². The van der Waals surface area contributed by atoms with Crippen LogP contribution in [0.5, 0.6) is 0 Å². The Morgan fingerprint density at radius 3 is 2.34 bits per heavy atom. The second-order valence-corrected chi connectivity index (χ2v) is 8.65. The molecule has 0 aromatic carbocycles. The molecule has 0 radical (unpaired) electrons. The van der Waals surface area contributed by atoms with Gasteiger partial charge in [0, 0.05) is 38.9 Å². The number of carbonyl (C=O) groups is 2. The molecule has 2 fully saturated rings. The SMILES string of the molecule is CCNC(=NCc1ccc(N(CC)CC)nc1)NCCN1C(=O)C2C3C=CC(C3)C2C1=O. The van der Waals surface area contributed by atoms with Crippen molar-refractivity contribution in [3.63, 3.8) is 0 Å². The Morgan fingerprint density at radius 1 is 1.09 bits per heavy atom. The van der Waals surface area contributed by atoms with Crippen LogP contribution in [0.4, 0.5) is 5.82 Å². The van der Waals surface area contributed by atoms with Gasteiger partial charge in [0.05, 0.1) is 18.4 Å². The van der Waals surface area contributed by atoms with Crippen LogP contribution >= 0.6 is 0 Å². The molecular weight excluding hydrogens is 404 g/mol. The molecule has 1 saturated heterocycles. The fourth-order valence-electron chi connectivity index (χ4n) is 5.23. The number of hydrogen-bond donors (Lipinski definition) is 2. The molecule has 4 rings (SSSR count). The second-order valence-electron chi connectivity index (χ2n) is 8.65. The van der Waals surface area contributed by atoms with Gasteiger partial charge < -0.3 is 15.5 Å². The first-order chi connectivity index (χ1) is 15.6. The molecule has 2 N–H and O–H groups in total. The predicted octanol–water partition coefficient (Wildman–Crippen LogP) is 1.79. The van der Waals surface area contributed by atoms with Gasteiger partial charge in [0.15, 0.2) is 5.96 Å². The fraction of sp³-hybridized carbons (Fsp3) is 0.583. The summed E-state index contributed by atoms with van der Waals surface area (Å²) in [7, 11) is 0. The van der Waals surface area contributed by atoms with Gasteiger partial charge in [-0.2, -0.15) is 0 Å². The molecule has 2 aliphatic carbocycles. The van der Waals surface area contributed by atoms with Crippen LogP contribution in [-0.2, 0) is 16.1 Å². The molecule has 0 spiro atoms. The third kappa shape index (κ3) is 4.23. The topological polar surface area (TPSA) is 89.9 Å². The van der Waals surface area contributed by atoms with Gasteiger partial charge in [0.25, 0.3) is 0 Å². The van der Waals surface area contributed by atoms with Crippen LogP contribution in [0.15, 0.2) is 35.5 Å². The summed E-state index contributed by atoms with van der Waals surface area (Å²) in [6.45, 7) is 10.2. The molecule has 3 aliphatic rings. The first-order valence-corrected chi connectivity index (χ1v) is 11.8. The summed E-state index contributed by atoms with van der Waals surface area (Å²) in [5, 5.41) is 6.48. The summed E-state index contributed by atoms with van der Waals surface area (Å²) in [5.74, 6) is 1.87. The van der Waals surface area contributed by atoms with Gasteiger partial charge in [0.1, 0.15) is 5.82 Å². The van der Waals surface area contributed by atoms with Gasteiger partial charge in [0.2, 0.25) is 11.8 Å². The molecular formula is C24H34N6O2. The molecule has 1 saturated carbocycles. The maximum absolute atomic E-state index is 12.8. The lowest BCUT2D eigenvalue weighted by atomic mass is 9.85. The summed E-state index contributed by atoms with van der Waals surface area (Å²) in [6, 6.07) is 4.08. The van der Waals surface area contributed by atoms with Crippen molar-refractivity contribution in [2.24, 2.45) is 28.7 Å². The first-order valence-electron chi connectivity index (χ1n) is 11.8. The Hall–Kier alpha value is -2.90. The number of nitrogens with zero attached hydrogens (tertiary/aromatic N) is 4. The number of nitrogens with one attached hydrogen (secondary N) is 2. The van der Waals surface area contributed by atoms with Crippen molar-refractivity contribution in [3.05, 3.63) is 36.0 Å². The molecule has 8 heteroatoms. The van der Waals surface area contributed by atoms with Crippen molar-refractivity contribution in [3.8, 4) is 0 Å². The molecule has 32 heavy (non-hydrogen) atoms. The maximum atomic E-state index is 12.8. The molecule has 1 aromatic rings. The average Bonchev–Trinajstić information content (AvgIpc) is 3.49. The number of aliphatic imine (C=N–C) groups is 1. The number of guanidine groups is 1. The molecule has 4 unspecified atom stereocenters. The van der Waals surface area contributed by atoms with Crippen LogP contribution in [0.25, 0.3) is 0 Å². The van der Waals surface area contributed by atoms with Gasteiger partial charge in [-0.3, -0.25) is 14.5 Å². The van der Waals surface area contributed by atoms with E-state index in [4.69, 9.17) is 0 Å². The average molecular weight is 439 g/mol. The zero-order chi connectivity index (χ0) is 22.7. The maximum Gasteiger partial charge on any atom is 0.233 e. The Labute approximate surface area is 190 Å². The van der Waals surface area contributed by atoms with Crippen molar-refractivity contribution in [2.75, 3.05) is 37.6 Å². The number of fused-ring (bicyclic) bond motifs is 5. The van der Waals surface area contributed by atoms with E-state index in [0.717, 1.165) is 37.4 Å². The minimum Gasteiger partial charge on any atom is -0.357 e. The van der Waals surface area contributed by atoms with E-state index < -0.39 is 0 Å². The molecule has 1 aliphatic heterocycles. The number of aromatic nitrogens is 1. The highest BCUT2D eigenvalue weighted by Gasteiger charge is 2.58. The van der Waals surface area contributed by atoms with Gasteiger partial charge in [-0.25, -0.2) is 9.98 Å². The molecule has 2 bridgehead atoms. The Bertz CT molecular complexity index is 862. The lowest BCUT2D eigenvalue weighted by molar-refractivity contribution is -0.140. The summed E-state index contributed by atoms with van der Waals surface area (Å²) in [5.41, 5.74) is 1.03. The van der Waals surface area contributed by atoms with Crippen LogP contribution in [-0.4, -0.2) is 60.4 Å². The predicted molar refractivity (Wildman–Crippen MR) is 125 cm³/mol. The lowest BCUT2D eigenvalue weighted by Gasteiger charge is -2.19. The first kappa shape index (κ1) is 22.3. The number of anilines is 1. The largest absolute Gasteiger partial charge is 0.357 e. The summed E-state index contributed by atoms with van der Waals surface area (Å²) < 4.78 is 0. The summed E-state index contributed by atoms with van der Waals surface area (Å²) in [4.78, 5) is 38.5. The lowest BCUT2D eigenvalue weighted by Crippen LogP contribution is -2.43. The van der Waals surface area contributed by atoms with E-state index in [2.05, 4.69) is 57.6 Å². The number of allylic oxidation sites excluding steroid dienone is 2. The van der Waals surface area contributed by atoms with E-state index in [1.807, 2.05) is 19.2 Å². The van der Waals surface area contributed by atoms with E-state index in [-0.39, 0.29) is 35.5 Å². The summed E-state index contributed by atoms with van der Waals surface area (Å²) in [6.07, 6.45) is 7.07. The zero-order valence-electron chi connectivity index (χ0n) is 19.3. The number of imide groups is 1. The highest BCUT2D eigenvalue weighted by atomic mass is 16.2. The quantitative estimate of drug-likeness (QED) is 0.264. The molecule has 4 atom stereocenters. The standard InChI is InChI=1S/C24H34N6O2/c1-4-25-24(28-15-16-7-10-19(27-14-16)29(5-2)6-3)26-11-12-30-22(31)20-17-8-9-18(13-17)21(20)23(30)32/h7-10,14,17-18,20-21H,4-6,11-13,15H2,1-3H3,(H2,25,26,28). The third-order valence-corrected chi connectivity index (χ3v) is 6.85. The number of pyridine rings is 1. The Balaban J connectivity index is 1.31. The van der Waals surface area contributed by atoms with Gasteiger partial charge >= 0.3 is 0 Å². The van der Waals surface area contributed by atoms with Gasteiger partial charge in [-0.15, -0.1) is 0 Å². The summed E-state index contributed by atoms with van der Waals surface area (Å²) >= 11 is 0. The van der Waals surface area contributed by atoms with E-state index in [1.54, 1.807) is 0 Å². The van der Waals surface area contributed by atoms with Crippen LogP contribution < -0.4 is 15.5 Å². The molecule has 2 amide bonds. The van der Waals surface area contributed by atoms with Crippen molar-refractivity contribution in [1.82, 2.24) is 20.5 Å². The second kappa shape index (κ2) is 9.71. The molecule has 1 aromatic heterocycles. The fourth-order valence-corrected chi connectivity index (χ4v) is 5.23. The number of amides is 2. The molecule has 8 nitrogen and oxygen atoms in total. The van der Waals surface area contributed by atoms with Crippen LogP contribution in [0.3, 0.4) is 0 Å². The highest BCUT2D eigenvalue weighted by Crippen LogP contribution is 2.52. The monoisotopic (exact) mass is 438 g/mol. The van der Waals surface area contributed by atoms with E-state index in [9.17, 15) is 9.59 Å². The van der Waals surface area contributed by atoms with Crippen LogP contribution in [0.2, 0.25) is 0 Å². The molecule has 172 valence electrons. The normalized spacial score (nSPS) is 26.1. The van der Waals surface area contributed by atoms with Crippen molar-refractivity contribution in [2.45, 2.75) is 33.7 Å². The smallest absolute Gasteiger partial charge is 0.233 e. The minimum atomic E-state index is -0.133. The van der Waals surface area contributed by atoms with Crippen LogP contribution in [0.1, 0.15) is 32.8 Å². The minimum absolute atomic E-state index is 0.0000408. The van der Waals surface area contributed by atoms with E-state index >= 15 is 0 Å². The van der Waals surface area contributed by atoms with Crippen LogP contribution in [0, 0.1) is 23.7 Å². The van der Waals surface area contributed by atoms with E-state index in [0.29, 0.717) is 25.6 Å². The molecule has 2 heterocycles.